The van der Waals surface area contributed by atoms with Crippen molar-refractivity contribution in [1.29, 1.82) is 5.26 Å². The number of hydrogen-bond acceptors (Lipinski definition) is 1. The van der Waals surface area contributed by atoms with Crippen LogP contribution in [-0.4, -0.2) is 4.98 Å². The van der Waals surface area contributed by atoms with Gasteiger partial charge in [0.05, 0.1) is 11.6 Å². The molecule has 0 radical (unpaired) electrons. The van der Waals surface area contributed by atoms with Crippen molar-refractivity contribution < 1.29 is 0 Å². The third kappa shape index (κ3) is 1.85. The van der Waals surface area contributed by atoms with Crippen LogP contribution >= 0.6 is 11.6 Å². The smallest absolute Gasteiger partial charge is 0.0992 e. The van der Waals surface area contributed by atoms with E-state index in [0.29, 0.717) is 10.6 Å². The van der Waals surface area contributed by atoms with Crippen LogP contribution in [0.15, 0.2) is 48.5 Å². The number of benzene rings is 2. The molecule has 0 unspecified atom stereocenters. The summed E-state index contributed by atoms with van der Waals surface area (Å²) in [5.41, 5.74) is 3.66. The minimum absolute atomic E-state index is 0.655. The average molecular weight is 253 g/mol. The van der Waals surface area contributed by atoms with E-state index >= 15 is 0 Å². The number of halogens is 1. The first-order valence-corrected chi connectivity index (χ1v) is 5.93. The van der Waals surface area contributed by atoms with Crippen LogP contribution in [0.3, 0.4) is 0 Å². The highest BCUT2D eigenvalue weighted by molar-refractivity contribution is 6.30. The summed E-state index contributed by atoms with van der Waals surface area (Å²) < 4.78 is 0. The van der Waals surface area contributed by atoms with Gasteiger partial charge in [-0.1, -0.05) is 29.8 Å². The molecule has 0 aliphatic carbocycles. The van der Waals surface area contributed by atoms with Gasteiger partial charge in [-0.2, -0.15) is 5.26 Å². The van der Waals surface area contributed by atoms with Gasteiger partial charge in [0.2, 0.25) is 0 Å². The van der Waals surface area contributed by atoms with E-state index in [9.17, 15) is 0 Å². The maximum absolute atomic E-state index is 8.88. The topological polar surface area (TPSA) is 39.6 Å². The van der Waals surface area contributed by atoms with E-state index < -0.39 is 0 Å². The standard InChI is InChI=1S/C15H9ClN2/c16-13-3-1-2-11(7-13)15-8-12-5-4-10(9-17)6-14(12)18-15/h1-8,18H. The number of hydrogen-bond donors (Lipinski definition) is 1. The molecule has 0 saturated carbocycles. The Morgan fingerprint density at radius 3 is 2.72 bits per heavy atom. The minimum Gasteiger partial charge on any atom is -0.354 e. The van der Waals surface area contributed by atoms with Gasteiger partial charge < -0.3 is 4.98 Å². The second-order valence-electron chi connectivity index (χ2n) is 4.11. The highest BCUT2D eigenvalue weighted by Gasteiger charge is 2.04. The van der Waals surface area contributed by atoms with Crippen LogP contribution in [0.2, 0.25) is 5.02 Å². The Bertz CT molecular complexity index is 766. The molecule has 2 nitrogen and oxygen atoms in total. The summed E-state index contributed by atoms with van der Waals surface area (Å²) in [6, 6.07) is 17.5. The number of rotatable bonds is 1. The number of aromatic nitrogens is 1. The van der Waals surface area contributed by atoms with Crippen molar-refractivity contribution in [1.82, 2.24) is 4.98 Å². The van der Waals surface area contributed by atoms with Gasteiger partial charge >= 0.3 is 0 Å². The van der Waals surface area contributed by atoms with Gasteiger partial charge in [0, 0.05) is 21.6 Å². The fraction of sp³-hybridized carbons (Fsp3) is 0. The van der Waals surface area contributed by atoms with Gasteiger partial charge in [0.25, 0.3) is 0 Å². The Morgan fingerprint density at radius 2 is 1.94 bits per heavy atom. The molecule has 0 atom stereocenters. The molecular weight excluding hydrogens is 244 g/mol. The van der Waals surface area contributed by atoms with E-state index in [0.717, 1.165) is 22.2 Å². The molecule has 0 aliphatic rings. The van der Waals surface area contributed by atoms with Gasteiger partial charge in [-0.25, -0.2) is 0 Å². The summed E-state index contributed by atoms with van der Waals surface area (Å²) in [4.78, 5) is 3.30. The summed E-state index contributed by atoms with van der Waals surface area (Å²) in [6.45, 7) is 0. The van der Waals surface area contributed by atoms with E-state index in [1.807, 2.05) is 42.5 Å². The van der Waals surface area contributed by atoms with Crippen molar-refractivity contribution in [3.8, 4) is 17.3 Å². The van der Waals surface area contributed by atoms with Gasteiger partial charge in [0.15, 0.2) is 0 Å². The molecule has 3 aromatic rings. The fourth-order valence-electron chi connectivity index (χ4n) is 2.01. The zero-order valence-electron chi connectivity index (χ0n) is 9.44. The van der Waals surface area contributed by atoms with E-state index in [1.165, 1.54) is 0 Å². The Balaban J connectivity index is 2.17. The second-order valence-corrected chi connectivity index (χ2v) is 4.54. The molecule has 1 heterocycles. The lowest BCUT2D eigenvalue weighted by Gasteiger charge is -1.97. The van der Waals surface area contributed by atoms with E-state index in [2.05, 4.69) is 17.1 Å². The van der Waals surface area contributed by atoms with Crippen LogP contribution in [0.25, 0.3) is 22.2 Å². The van der Waals surface area contributed by atoms with Crippen molar-refractivity contribution in [2.24, 2.45) is 0 Å². The number of aromatic amines is 1. The van der Waals surface area contributed by atoms with Crippen LogP contribution in [0.5, 0.6) is 0 Å². The highest BCUT2D eigenvalue weighted by atomic mass is 35.5. The van der Waals surface area contributed by atoms with Crippen LogP contribution < -0.4 is 0 Å². The molecule has 3 rings (SSSR count). The SMILES string of the molecule is N#Cc1ccc2cc(-c3cccc(Cl)c3)[nH]c2c1. The molecule has 0 saturated heterocycles. The van der Waals surface area contributed by atoms with E-state index in [4.69, 9.17) is 16.9 Å². The molecule has 0 spiro atoms. The number of nitriles is 1. The first-order chi connectivity index (χ1) is 8.76. The van der Waals surface area contributed by atoms with Crippen LogP contribution in [-0.2, 0) is 0 Å². The molecule has 1 N–H and O–H groups in total. The van der Waals surface area contributed by atoms with Crippen molar-refractivity contribution >= 4 is 22.5 Å². The third-order valence-electron chi connectivity index (χ3n) is 2.89. The number of nitrogens with zero attached hydrogens (tertiary/aromatic N) is 1. The van der Waals surface area contributed by atoms with Crippen LogP contribution in [0.1, 0.15) is 5.56 Å². The van der Waals surface area contributed by atoms with Gasteiger partial charge in [0.1, 0.15) is 0 Å². The van der Waals surface area contributed by atoms with E-state index in [1.54, 1.807) is 0 Å². The molecule has 0 bridgehead atoms. The summed E-state index contributed by atoms with van der Waals surface area (Å²) in [5.74, 6) is 0. The maximum Gasteiger partial charge on any atom is 0.0992 e. The van der Waals surface area contributed by atoms with Crippen molar-refractivity contribution in [2.75, 3.05) is 0 Å². The first kappa shape index (κ1) is 10.9. The lowest BCUT2D eigenvalue weighted by molar-refractivity contribution is 1.44. The molecule has 1 aromatic heterocycles. The number of fused-ring (bicyclic) bond motifs is 1. The Morgan fingerprint density at radius 1 is 1.06 bits per heavy atom. The first-order valence-electron chi connectivity index (χ1n) is 5.55. The quantitative estimate of drug-likeness (QED) is 0.687. The largest absolute Gasteiger partial charge is 0.354 e. The highest BCUT2D eigenvalue weighted by Crippen LogP contribution is 2.26. The molecule has 18 heavy (non-hydrogen) atoms. The summed E-state index contributed by atoms with van der Waals surface area (Å²) in [7, 11) is 0. The Hall–Kier alpha value is -2.24. The predicted molar refractivity (Wildman–Crippen MR) is 73.5 cm³/mol. The molecule has 2 aromatic carbocycles. The van der Waals surface area contributed by atoms with Crippen molar-refractivity contribution in [3.63, 3.8) is 0 Å². The predicted octanol–water partition coefficient (Wildman–Crippen LogP) is 4.36. The van der Waals surface area contributed by atoms with Gasteiger partial charge in [-0.15, -0.1) is 0 Å². The maximum atomic E-state index is 8.88. The molecule has 0 aliphatic heterocycles. The molecular formula is C15H9ClN2. The summed E-state index contributed by atoms with van der Waals surface area (Å²) in [5, 5.41) is 10.7. The minimum atomic E-state index is 0.655. The lowest BCUT2D eigenvalue weighted by Crippen LogP contribution is -1.76. The average Bonchev–Trinajstić information content (AvgIpc) is 2.81. The van der Waals surface area contributed by atoms with Crippen LogP contribution in [0.4, 0.5) is 0 Å². The number of H-pyrrole nitrogens is 1. The van der Waals surface area contributed by atoms with Gasteiger partial charge in [-0.05, 0) is 35.9 Å². The van der Waals surface area contributed by atoms with Crippen LogP contribution in [0, 0.1) is 11.3 Å². The molecule has 86 valence electrons. The Labute approximate surface area is 109 Å². The van der Waals surface area contributed by atoms with Gasteiger partial charge in [-0.3, -0.25) is 0 Å². The third-order valence-corrected chi connectivity index (χ3v) is 3.12. The van der Waals surface area contributed by atoms with E-state index in [-0.39, 0.29) is 0 Å². The zero-order valence-corrected chi connectivity index (χ0v) is 10.2. The number of nitrogens with one attached hydrogen (secondary N) is 1. The normalized spacial score (nSPS) is 10.4. The molecule has 3 heteroatoms. The molecule has 0 amide bonds. The zero-order chi connectivity index (χ0) is 12.5. The second kappa shape index (κ2) is 4.21. The summed E-state index contributed by atoms with van der Waals surface area (Å²) in [6.07, 6.45) is 0. The van der Waals surface area contributed by atoms with Crippen molar-refractivity contribution in [2.45, 2.75) is 0 Å². The lowest BCUT2D eigenvalue weighted by atomic mass is 10.1. The molecule has 0 fully saturated rings. The monoisotopic (exact) mass is 252 g/mol. The van der Waals surface area contributed by atoms with Crippen molar-refractivity contribution in [3.05, 3.63) is 59.1 Å². The fourth-order valence-corrected chi connectivity index (χ4v) is 2.20. The summed E-state index contributed by atoms with van der Waals surface area (Å²) >= 11 is 5.98. The Kier molecular flexibility index (Phi) is 2.55.